The van der Waals surface area contributed by atoms with E-state index >= 15 is 0 Å². The first-order chi connectivity index (χ1) is 13.3. The van der Waals surface area contributed by atoms with Crippen molar-refractivity contribution in [2.24, 2.45) is 0 Å². The molecule has 0 unspecified atom stereocenters. The monoisotopic (exact) mass is 414 g/mol. The first kappa shape index (κ1) is 18.9. The molecule has 8 heteroatoms. The highest BCUT2D eigenvalue weighted by molar-refractivity contribution is 7.21. The number of pyridine rings is 1. The molecule has 0 bridgehead atoms. The van der Waals surface area contributed by atoms with Crippen molar-refractivity contribution in [1.29, 1.82) is 0 Å². The van der Waals surface area contributed by atoms with E-state index in [4.69, 9.17) is 4.42 Å². The highest BCUT2D eigenvalue weighted by Gasteiger charge is 2.15. The molecule has 144 valence electrons. The Bertz CT molecular complexity index is 1150. The lowest BCUT2D eigenvalue weighted by atomic mass is 10.2. The maximum absolute atomic E-state index is 12.6. The van der Waals surface area contributed by atoms with Gasteiger partial charge in [-0.2, -0.15) is 4.98 Å². The Morgan fingerprint density at radius 1 is 1.07 bits per heavy atom. The van der Waals surface area contributed by atoms with Gasteiger partial charge >= 0.3 is 5.63 Å². The van der Waals surface area contributed by atoms with Gasteiger partial charge in [-0.05, 0) is 43.3 Å². The zero-order valence-electron chi connectivity index (χ0n) is 15.1. The van der Waals surface area contributed by atoms with Gasteiger partial charge in [-0.15, -0.1) is 23.7 Å². The van der Waals surface area contributed by atoms with Gasteiger partial charge in [-0.3, -0.25) is 0 Å². The lowest BCUT2D eigenvalue weighted by Gasteiger charge is -2.20. The molecule has 0 saturated carbocycles. The van der Waals surface area contributed by atoms with E-state index < -0.39 is 5.63 Å². The Hall–Kier alpha value is -2.48. The van der Waals surface area contributed by atoms with Crippen LogP contribution in [0.25, 0.3) is 31.9 Å². The van der Waals surface area contributed by atoms with Crippen molar-refractivity contribution in [3.63, 3.8) is 0 Å². The molecule has 0 aliphatic carbocycles. The first-order valence-corrected chi connectivity index (χ1v) is 9.86. The maximum atomic E-state index is 12.6. The number of rotatable bonds is 2. The number of fused-ring (bicyclic) bond motifs is 2. The molecule has 4 heterocycles. The third-order valence-corrected chi connectivity index (χ3v) is 5.84. The standard InChI is InChI=1S/C20H18N4O2S.ClH/c25-20-14(19-22-15-4-1-2-5-16(15)27-19)12-13-6-7-17(23-18(13)26-20)24-10-3-8-21-9-11-24;/h1-2,4-7,12,21H,3,8-11H2;1H. The molecule has 1 aliphatic rings. The summed E-state index contributed by atoms with van der Waals surface area (Å²) in [5.41, 5.74) is 1.35. The molecule has 0 atom stereocenters. The summed E-state index contributed by atoms with van der Waals surface area (Å²) in [7, 11) is 0. The van der Waals surface area contributed by atoms with Crippen LogP contribution >= 0.6 is 23.7 Å². The normalized spacial score (nSPS) is 14.8. The molecule has 0 amide bonds. The molecule has 4 aromatic rings. The predicted octanol–water partition coefficient (Wildman–Crippen LogP) is 3.69. The van der Waals surface area contributed by atoms with E-state index in [1.807, 2.05) is 42.5 Å². The van der Waals surface area contributed by atoms with Crippen molar-refractivity contribution in [2.45, 2.75) is 6.42 Å². The third-order valence-electron chi connectivity index (χ3n) is 4.77. The summed E-state index contributed by atoms with van der Waals surface area (Å²) in [6.07, 6.45) is 1.07. The average molecular weight is 415 g/mol. The van der Waals surface area contributed by atoms with Crippen molar-refractivity contribution >= 4 is 50.9 Å². The summed E-state index contributed by atoms with van der Waals surface area (Å²) in [4.78, 5) is 24.0. The lowest BCUT2D eigenvalue weighted by molar-refractivity contribution is 0.551. The highest BCUT2D eigenvalue weighted by Crippen LogP contribution is 2.30. The van der Waals surface area contributed by atoms with Gasteiger partial charge in [-0.25, -0.2) is 9.78 Å². The van der Waals surface area contributed by atoms with E-state index in [-0.39, 0.29) is 12.4 Å². The van der Waals surface area contributed by atoms with Gasteiger partial charge in [0.05, 0.1) is 15.8 Å². The molecule has 1 aliphatic heterocycles. The number of benzene rings is 1. The van der Waals surface area contributed by atoms with E-state index in [0.717, 1.165) is 54.0 Å². The number of halogens is 1. The van der Waals surface area contributed by atoms with Crippen molar-refractivity contribution < 1.29 is 4.42 Å². The van der Waals surface area contributed by atoms with Crippen LogP contribution in [0.5, 0.6) is 0 Å². The molecule has 6 nitrogen and oxygen atoms in total. The van der Waals surface area contributed by atoms with Crippen LogP contribution < -0.4 is 15.8 Å². The van der Waals surface area contributed by atoms with Gasteiger partial charge in [0.15, 0.2) is 0 Å². The molecule has 3 aromatic heterocycles. The SMILES string of the molecule is Cl.O=c1oc2nc(N3CCCNCC3)ccc2cc1-c1nc2ccccc2s1. The number of thiazole rings is 1. The molecule has 1 N–H and O–H groups in total. The van der Waals surface area contributed by atoms with Crippen molar-refractivity contribution in [3.8, 4) is 10.6 Å². The van der Waals surface area contributed by atoms with Crippen LogP contribution in [0.2, 0.25) is 0 Å². The van der Waals surface area contributed by atoms with Crippen molar-refractivity contribution in [2.75, 3.05) is 31.1 Å². The largest absolute Gasteiger partial charge is 0.403 e. The quantitative estimate of drug-likeness (QED) is 0.539. The van der Waals surface area contributed by atoms with Crippen LogP contribution in [-0.2, 0) is 0 Å². The van der Waals surface area contributed by atoms with Crippen molar-refractivity contribution in [1.82, 2.24) is 15.3 Å². The van der Waals surface area contributed by atoms with Crippen LogP contribution in [0, 0.1) is 0 Å². The Morgan fingerprint density at radius 2 is 1.96 bits per heavy atom. The molecule has 1 fully saturated rings. The minimum Gasteiger partial charge on any atom is -0.403 e. The van der Waals surface area contributed by atoms with E-state index in [1.54, 1.807) is 0 Å². The first-order valence-electron chi connectivity index (χ1n) is 9.04. The fourth-order valence-electron chi connectivity index (χ4n) is 3.38. The number of aromatic nitrogens is 2. The van der Waals surface area contributed by atoms with Gasteiger partial charge in [0.2, 0.25) is 5.71 Å². The summed E-state index contributed by atoms with van der Waals surface area (Å²) >= 11 is 1.49. The molecule has 28 heavy (non-hydrogen) atoms. The molecule has 1 aromatic carbocycles. The molecular formula is C20H19ClN4O2S. The molecule has 0 spiro atoms. The van der Waals surface area contributed by atoms with E-state index in [1.165, 1.54) is 11.3 Å². The predicted molar refractivity (Wildman–Crippen MR) is 116 cm³/mol. The summed E-state index contributed by atoms with van der Waals surface area (Å²) in [5, 5.41) is 4.86. The molecule has 0 radical (unpaired) electrons. The fourth-order valence-corrected chi connectivity index (χ4v) is 4.35. The van der Waals surface area contributed by atoms with E-state index in [0.29, 0.717) is 16.3 Å². The van der Waals surface area contributed by atoms with Gasteiger partial charge in [0.1, 0.15) is 10.8 Å². The average Bonchev–Trinajstić information content (AvgIpc) is 2.92. The van der Waals surface area contributed by atoms with Gasteiger partial charge in [0, 0.05) is 25.0 Å². The summed E-state index contributed by atoms with van der Waals surface area (Å²) in [6, 6.07) is 13.7. The summed E-state index contributed by atoms with van der Waals surface area (Å²) < 4.78 is 6.61. The second-order valence-electron chi connectivity index (χ2n) is 6.59. The minimum atomic E-state index is -0.399. The van der Waals surface area contributed by atoms with E-state index in [2.05, 4.69) is 20.2 Å². The van der Waals surface area contributed by atoms with Crippen LogP contribution in [0.3, 0.4) is 0 Å². The Kier molecular flexibility index (Phi) is 5.30. The molecule has 5 rings (SSSR count). The number of hydrogen-bond acceptors (Lipinski definition) is 7. The maximum Gasteiger partial charge on any atom is 0.347 e. The van der Waals surface area contributed by atoms with Gasteiger partial charge < -0.3 is 14.6 Å². The second kappa shape index (κ2) is 7.87. The van der Waals surface area contributed by atoms with Crippen molar-refractivity contribution in [3.05, 3.63) is 52.9 Å². The fraction of sp³-hybridized carbons (Fsp3) is 0.250. The highest BCUT2D eigenvalue weighted by atomic mass is 35.5. The lowest BCUT2D eigenvalue weighted by Crippen LogP contribution is -2.28. The smallest absolute Gasteiger partial charge is 0.347 e. The molecular weight excluding hydrogens is 396 g/mol. The number of hydrogen-bond donors (Lipinski definition) is 1. The number of para-hydroxylation sites is 1. The van der Waals surface area contributed by atoms with Crippen LogP contribution in [-0.4, -0.2) is 36.1 Å². The Morgan fingerprint density at radius 3 is 2.86 bits per heavy atom. The van der Waals surface area contributed by atoms with Gasteiger partial charge in [0.25, 0.3) is 0 Å². The summed E-state index contributed by atoms with van der Waals surface area (Å²) in [6.45, 7) is 3.79. The van der Waals surface area contributed by atoms with Crippen LogP contribution in [0.15, 0.2) is 51.7 Å². The van der Waals surface area contributed by atoms with Crippen LogP contribution in [0.1, 0.15) is 6.42 Å². The summed E-state index contributed by atoms with van der Waals surface area (Å²) in [5.74, 6) is 0.849. The third kappa shape index (κ3) is 3.48. The van der Waals surface area contributed by atoms with E-state index in [9.17, 15) is 4.79 Å². The van der Waals surface area contributed by atoms with Gasteiger partial charge in [-0.1, -0.05) is 12.1 Å². The molecule has 1 saturated heterocycles. The number of nitrogens with one attached hydrogen (secondary N) is 1. The minimum absolute atomic E-state index is 0. The topological polar surface area (TPSA) is 71.3 Å². The zero-order valence-corrected chi connectivity index (χ0v) is 16.7. The Balaban J connectivity index is 0.00000192. The second-order valence-corrected chi connectivity index (χ2v) is 7.62. The Labute approximate surface area is 171 Å². The zero-order chi connectivity index (χ0) is 18.2. The number of anilines is 1. The van der Waals surface area contributed by atoms with Crippen LogP contribution in [0.4, 0.5) is 5.82 Å². The number of nitrogens with zero attached hydrogens (tertiary/aromatic N) is 3.